The SMILES string of the molecule is c1cc(-c2ccc(-c3cccc4ccccc34)cc2)cc(N(c2ccc(-c3cccc4oc5ccccc5c34)cc2)c2ccccc2-c2ccc3c(ccc4ccccc43)c2)c1. The molecule has 0 spiro atoms. The molecule has 11 aromatic carbocycles. The van der Waals surface area contributed by atoms with Crippen LogP contribution in [0.4, 0.5) is 17.1 Å². The zero-order chi connectivity index (χ0) is 41.0. The first-order valence-corrected chi connectivity index (χ1v) is 21.2. The number of furan rings is 1. The van der Waals surface area contributed by atoms with Crippen LogP contribution in [0.5, 0.6) is 0 Å². The zero-order valence-electron chi connectivity index (χ0n) is 33.9. The molecule has 62 heavy (non-hydrogen) atoms. The van der Waals surface area contributed by atoms with Gasteiger partial charge in [0.05, 0.1) is 5.69 Å². The van der Waals surface area contributed by atoms with E-state index >= 15 is 0 Å². The second-order valence-corrected chi connectivity index (χ2v) is 16.1. The molecule has 12 aromatic rings. The van der Waals surface area contributed by atoms with Crippen LogP contribution in [-0.2, 0) is 0 Å². The van der Waals surface area contributed by atoms with Gasteiger partial charge >= 0.3 is 0 Å². The number of hydrogen-bond donors (Lipinski definition) is 0. The summed E-state index contributed by atoms with van der Waals surface area (Å²) in [7, 11) is 0. The van der Waals surface area contributed by atoms with Crippen LogP contribution in [0.25, 0.3) is 98.8 Å². The third-order valence-corrected chi connectivity index (χ3v) is 12.5. The maximum absolute atomic E-state index is 6.28. The molecule has 1 heterocycles. The number of para-hydroxylation sites is 2. The third-order valence-electron chi connectivity index (χ3n) is 12.5. The van der Waals surface area contributed by atoms with E-state index in [2.05, 4.69) is 229 Å². The van der Waals surface area contributed by atoms with E-state index in [0.29, 0.717) is 0 Å². The molecule has 0 aliphatic rings. The van der Waals surface area contributed by atoms with Gasteiger partial charge in [-0.3, -0.25) is 0 Å². The van der Waals surface area contributed by atoms with E-state index in [1.54, 1.807) is 0 Å². The summed E-state index contributed by atoms with van der Waals surface area (Å²) in [5.74, 6) is 0. The first-order chi connectivity index (χ1) is 30.7. The van der Waals surface area contributed by atoms with Crippen LogP contribution in [0, 0.1) is 0 Å². The fourth-order valence-electron chi connectivity index (χ4n) is 9.47. The highest BCUT2D eigenvalue weighted by Crippen LogP contribution is 2.44. The maximum atomic E-state index is 6.28. The molecule has 0 atom stereocenters. The minimum absolute atomic E-state index is 0.897. The molecule has 2 heteroatoms. The van der Waals surface area contributed by atoms with Gasteiger partial charge in [-0.1, -0.05) is 188 Å². The van der Waals surface area contributed by atoms with Crippen molar-refractivity contribution in [3.05, 3.63) is 237 Å². The third kappa shape index (κ3) is 6.12. The molecule has 0 amide bonds. The van der Waals surface area contributed by atoms with Crippen molar-refractivity contribution >= 4 is 71.3 Å². The van der Waals surface area contributed by atoms with Crippen LogP contribution in [0.3, 0.4) is 0 Å². The predicted octanol–water partition coefficient (Wildman–Crippen LogP) is 17.2. The molecule has 0 radical (unpaired) electrons. The molecule has 0 saturated heterocycles. The van der Waals surface area contributed by atoms with Gasteiger partial charge < -0.3 is 9.32 Å². The van der Waals surface area contributed by atoms with Gasteiger partial charge in [-0.05, 0) is 120 Å². The number of fused-ring (bicyclic) bond motifs is 7. The number of hydrogen-bond acceptors (Lipinski definition) is 2. The van der Waals surface area contributed by atoms with Gasteiger partial charge in [0.15, 0.2) is 0 Å². The summed E-state index contributed by atoms with van der Waals surface area (Å²) in [6, 6.07) is 85.6. The van der Waals surface area contributed by atoms with E-state index in [-0.39, 0.29) is 0 Å². The number of benzene rings is 11. The molecule has 0 aliphatic heterocycles. The summed E-state index contributed by atoms with van der Waals surface area (Å²) < 4.78 is 6.28. The average Bonchev–Trinajstić information content (AvgIpc) is 3.73. The lowest BCUT2D eigenvalue weighted by molar-refractivity contribution is 0.669. The van der Waals surface area contributed by atoms with Crippen molar-refractivity contribution in [2.24, 2.45) is 0 Å². The van der Waals surface area contributed by atoms with Crippen molar-refractivity contribution in [1.29, 1.82) is 0 Å². The largest absolute Gasteiger partial charge is 0.456 e. The van der Waals surface area contributed by atoms with E-state index in [0.717, 1.165) is 61.3 Å². The van der Waals surface area contributed by atoms with Crippen LogP contribution in [0.15, 0.2) is 241 Å². The minimum atomic E-state index is 0.897. The van der Waals surface area contributed by atoms with Gasteiger partial charge in [0, 0.05) is 27.7 Å². The highest BCUT2D eigenvalue weighted by atomic mass is 16.3. The van der Waals surface area contributed by atoms with E-state index in [1.165, 1.54) is 54.6 Å². The van der Waals surface area contributed by atoms with Gasteiger partial charge in [-0.2, -0.15) is 0 Å². The first kappa shape index (κ1) is 35.7. The second-order valence-electron chi connectivity index (χ2n) is 16.1. The van der Waals surface area contributed by atoms with E-state index in [1.807, 2.05) is 12.1 Å². The fraction of sp³-hybridized carbons (Fsp3) is 0. The monoisotopic (exact) mass is 789 g/mol. The van der Waals surface area contributed by atoms with Crippen molar-refractivity contribution in [2.45, 2.75) is 0 Å². The van der Waals surface area contributed by atoms with Crippen LogP contribution in [-0.4, -0.2) is 0 Å². The Labute approximate surface area is 360 Å². The minimum Gasteiger partial charge on any atom is -0.456 e. The Hall–Kier alpha value is -8.20. The molecule has 290 valence electrons. The van der Waals surface area contributed by atoms with Gasteiger partial charge in [-0.25, -0.2) is 0 Å². The highest BCUT2D eigenvalue weighted by molar-refractivity contribution is 6.13. The second kappa shape index (κ2) is 14.8. The molecule has 2 nitrogen and oxygen atoms in total. The molecule has 0 unspecified atom stereocenters. The van der Waals surface area contributed by atoms with Crippen LogP contribution >= 0.6 is 0 Å². The van der Waals surface area contributed by atoms with E-state index in [9.17, 15) is 0 Å². The van der Waals surface area contributed by atoms with E-state index < -0.39 is 0 Å². The topological polar surface area (TPSA) is 16.4 Å². The van der Waals surface area contributed by atoms with Crippen LogP contribution in [0.2, 0.25) is 0 Å². The summed E-state index contributed by atoms with van der Waals surface area (Å²) >= 11 is 0. The molecule has 0 bridgehead atoms. The molecule has 0 fully saturated rings. The molecule has 0 saturated carbocycles. The Morgan fingerprint density at radius 2 is 0.839 bits per heavy atom. The Kier molecular flexibility index (Phi) is 8.53. The Balaban J connectivity index is 0.985. The normalized spacial score (nSPS) is 11.5. The smallest absolute Gasteiger partial charge is 0.136 e. The molecule has 0 aliphatic carbocycles. The van der Waals surface area contributed by atoms with Crippen molar-refractivity contribution in [1.82, 2.24) is 0 Å². The molecule has 12 rings (SSSR count). The van der Waals surface area contributed by atoms with Gasteiger partial charge in [-0.15, -0.1) is 0 Å². The standard InChI is InChI=1S/C60H39NO/c1-3-17-50-41(12-1)14-10-21-52(50)43-28-26-40(27-29-43)45-15-9-16-49(39-45)61(48-35-32-44(33-36-48)55-22-11-25-59-60(55)56-20-6-8-24-58(56)62-59)57-23-7-5-19-54(57)47-34-37-53-46(38-47)31-30-42-13-2-4-18-51(42)53/h1-39H. The molecule has 1 aromatic heterocycles. The quantitative estimate of drug-likeness (QED) is 0.150. The average molecular weight is 790 g/mol. The van der Waals surface area contributed by atoms with Crippen molar-refractivity contribution in [3.8, 4) is 44.5 Å². The van der Waals surface area contributed by atoms with Gasteiger partial charge in [0.2, 0.25) is 0 Å². The van der Waals surface area contributed by atoms with Gasteiger partial charge in [0.25, 0.3) is 0 Å². The lowest BCUT2D eigenvalue weighted by Crippen LogP contribution is -2.11. The summed E-state index contributed by atoms with van der Waals surface area (Å²) in [6.07, 6.45) is 0. The van der Waals surface area contributed by atoms with Gasteiger partial charge in [0.1, 0.15) is 11.2 Å². The number of anilines is 3. The zero-order valence-corrected chi connectivity index (χ0v) is 33.9. The van der Waals surface area contributed by atoms with Crippen LogP contribution in [0.1, 0.15) is 0 Å². The Morgan fingerprint density at radius 1 is 0.274 bits per heavy atom. The molecular weight excluding hydrogens is 751 g/mol. The maximum Gasteiger partial charge on any atom is 0.136 e. The lowest BCUT2D eigenvalue weighted by atomic mass is 9.95. The number of rotatable bonds is 7. The predicted molar refractivity (Wildman–Crippen MR) is 263 cm³/mol. The van der Waals surface area contributed by atoms with Crippen LogP contribution < -0.4 is 4.90 Å². The van der Waals surface area contributed by atoms with Crippen molar-refractivity contribution in [3.63, 3.8) is 0 Å². The number of nitrogens with zero attached hydrogens (tertiary/aromatic N) is 1. The Morgan fingerprint density at radius 3 is 1.71 bits per heavy atom. The van der Waals surface area contributed by atoms with E-state index in [4.69, 9.17) is 4.42 Å². The summed E-state index contributed by atoms with van der Waals surface area (Å²) in [5, 5.41) is 9.79. The molecule has 0 N–H and O–H groups in total. The summed E-state index contributed by atoms with van der Waals surface area (Å²) in [4.78, 5) is 2.41. The van der Waals surface area contributed by atoms with Crippen molar-refractivity contribution < 1.29 is 4.42 Å². The lowest BCUT2D eigenvalue weighted by Gasteiger charge is -2.28. The fourth-order valence-corrected chi connectivity index (χ4v) is 9.47. The van der Waals surface area contributed by atoms with Crippen molar-refractivity contribution in [2.75, 3.05) is 4.90 Å². The summed E-state index contributed by atoms with van der Waals surface area (Å²) in [5.41, 5.74) is 14.5. The summed E-state index contributed by atoms with van der Waals surface area (Å²) in [6.45, 7) is 0. The Bertz CT molecular complexity index is 3630. The first-order valence-electron chi connectivity index (χ1n) is 21.2. The molecular formula is C60H39NO. The highest BCUT2D eigenvalue weighted by Gasteiger charge is 2.20.